The molecule has 1 heterocycles. The lowest BCUT2D eigenvalue weighted by atomic mass is 9.72. The van der Waals surface area contributed by atoms with E-state index in [0.29, 0.717) is 18.4 Å². The van der Waals surface area contributed by atoms with Crippen LogP contribution < -0.4 is 11.1 Å². The fourth-order valence-electron chi connectivity index (χ4n) is 3.20. The van der Waals surface area contributed by atoms with Gasteiger partial charge >= 0.3 is 0 Å². The molecule has 1 aliphatic carbocycles. The predicted octanol–water partition coefficient (Wildman–Crippen LogP) is 1.29. The molecule has 4 heteroatoms. The van der Waals surface area contributed by atoms with Gasteiger partial charge in [0.25, 0.3) is 0 Å². The summed E-state index contributed by atoms with van der Waals surface area (Å²) < 4.78 is 5.52. The largest absolute Gasteiger partial charge is 0.376 e. The quantitative estimate of drug-likeness (QED) is 0.797. The van der Waals surface area contributed by atoms with Gasteiger partial charge in [0.05, 0.1) is 6.10 Å². The SMILES string of the molecule is CC1CC(C)C(C(=O)NCC2CCCO2)CC1N. The molecule has 4 nitrogen and oxygen atoms in total. The van der Waals surface area contributed by atoms with Crippen LogP contribution in [-0.4, -0.2) is 31.2 Å². The molecule has 0 spiro atoms. The summed E-state index contributed by atoms with van der Waals surface area (Å²) >= 11 is 0. The van der Waals surface area contributed by atoms with Crippen molar-refractivity contribution >= 4 is 5.91 Å². The first-order valence-electron chi connectivity index (χ1n) is 7.22. The Kier molecular flexibility index (Phi) is 4.62. The minimum Gasteiger partial charge on any atom is -0.376 e. The summed E-state index contributed by atoms with van der Waals surface area (Å²) in [5, 5.41) is 3.04. The number of nitrogens with one attached hydrogen (secondary N) is 1. The highest BCUT2D eigenvalue weighted by molar-refractivity contribution is 5.79. The average molecular weight is 254 g/mol. The summed E-state index contributed by atoms with van der Waals surface area (Å²) in [6, 6.07) is 0.166. The van der Waals surface area contributed by atoms with Crippen molar-refractivity contribution in [1.82, 2.24) is 5.32 Å². The normalized spacial score (nSPS) is 40.7. The molecule has 0 aromatic heterocycles. The first-order valence-corrected chi connectivity index (χ1v) is 7.22. The summed E-state index contributed by atoms with van der Waals surface area (Å²) in [6.07, 6.45) is 4.28. The topological polar surface area (TPSA) is 64.3 Å². The molecule has 18 heavy (non-hydrogen) atoms. The van der Waals surface area contributed by atoms with Gasteiger partial charge in [0.15, 0.2) is 0 Å². The van der Waals surface area contributed by atoms with Crippen molar-refractivity contribution < 1.29 is 9.53 Å². The van der Waals surface area contributed by atoms with Crippen molar-refractivity contribution in [3.63, 3.8) is 0 Å². The summed E-state index contributed by atoms with van der Waals surface area (Å²) in [5.74, 6) is 1.21. The van der Waals surface area contributed by atoms with E-state index < -0.39 is 0 Å². The second-order valence-electron chi connectivity index (χ2n) is 6.08. The Morgan fingerprint density at radius 3 is 2.78 bits per heavy atom. The Hall–Kier alpha value is -0.610. The van der Waals surface area contributed by atoms with Crippen molar-refractivity contribution in [3.05, 3.63) is 0 Å². The summed E-state index contributed by atoms with van der Waals surface area (Å²) in [7, 11) is 0. The minimum atomic E-state index is 0.0811. The van der Waals surface area contributed by atoms with Gasteiger partial charge in [-0.2, -0.15) is 0 Å². The Morgan fingerprint density at radius 2 is 2.11 bits per heavy atom. The Bertz CT molecular complexity index is 290. The van der Waals surface area contributed by atoms with E-state index in [9.17, 15) is 4.79 Å². The van der Waals surface area contributed by atoms with Crippen molar-refractivity contribution in [2.45, 2.75) is 51.7 Å². The molecule has 104 valence electrons. The fourth-order valence-corrected chi connectivity index (χ4v) is 3.20. The van der Waals surface area contributed by atoms with Crippen LogP contribution in [0.1, 0.15) is 39.5 Å². The van der Waals surface area contributed by atoms with Crippen LogP contribution in [0.3, 0.4) is 0 Å². The smallest absolute Gasteiger partial charge is 0.223 e. The van der Waals surface area contributed by atoms with Crippen LogP contribution in [0, 0.1) is 17.8 Å². The summed E-state index contributed by atoms with van der Waals surface area (Å²) in [6.45, 7) is 5.84. The lowest BCUT2D eigenvalue weighted by Gasteiger charge is -2.36. The Balaban J connectivity index is 1.80. The molecular weight excluding hydrogens is 228 g/mol. The van der Waals surface area contributed by atoms with Crippen molar-refractivity contribution in [2.75, 3.05) is 13.2 Å². The Morgan fingerprint density at radius 1 is 1.33 bits per heavy atom. The molecule has 3 N–H and O–H groups in total. The van der Waals surface area contributed by atoms with E-state index in [4.69, 9.17) is 10.5 Å². The third-order valence-electron chi connectivity index (χ3n) is 4.55. The van der Waals surface area contributed by atoms with Gasteiger partial charge in [-0.25, -0.2) is 0 Å². The standard InChI is InChI=1S/C14H26N2O2/c1-9-6-10(2)13(15)7-12(9)14(17)16-8-11-4-3-5-18-11/h9-13H,3-8,15H2,1-2H3,(H,16,17). The third-order valence-corrected chi connectivity index (χ3v) is 4.55. The zero-order valence-corrected chi connectivity index (χ0v) is 11.5. The second kappa shape index (κ2) is 6.02. The molecule has 2 aliphatic rings. The maximum atomic E-state index is 12.2. The molecule has 1 saturated heterocycles. The molecule has 1 aliphatic heterocycles. The first kappa shape index (κ1) is 13.8. The third kappa shape index (κ3) is 3.23. The van der Waals surface area contributed by atoms with E-state index in [1.54, 1.807) is 0 Å². The van der Waals surface area contributed by atoms with Gasteiger partial charge in [-0.1, -0.05) is 13.8 Å². The molecule has 0 aromatic carbocycles. The van der Waals surface area contributed by atoms with E-state index in [1.165, 1.54) is 0 Å². The molecule has 2 fully saturated rings. The molecule has 5 unspecified atom stereocenters. The highest BCUT2D eigenvalue weighted by Gasteiger charge is 2.35. The van der Waals surface area contributed by atoms with E-state index in [-0.39, 0.29) is 24.0 Å². The molecule has 1 saturated carbocycles. The molecule has 1 amide bonds. The first-order chi connectivity index (χ1) is 8.58. The van der Waals surface area contributed by atoms with E-state index in [1.807, 2.05) is 0 Å². The molecule has 0 radical (unpaired) electrons. The van der Waals surface area contributed by atoms with Crippen LogP contribution in [0.5, 0.6) is 0 Å². The lowest BCUT2D eigenvalue weighted by Crippen LogP contribution is -2.46. The molecule has 0 bridgehead atoms. The number of carbonyl (C=O) groups excluding carboxylic acids is 1. The monoisotopic (exact) mass is 254 g/mol. The van der Waals surface area contributed by atoms with Gasteiger partial charge in [0.2, 0.25) is 5.91 Å². The number of hydrogen-bond acceptors (Lipinski definition) is 3. The second-order valence-corrected chi connectivity index (χ2v) is 6.08. The van der Waals surface area contributed by atoms with Crippen molar-refractivity contribution in [1.29, 1.82) is 0 Å². The number of carbonyl (C=O) groups is 1. The molecule has 5 atom stereocenters. The number of nitrogens with two attached hydrogens (primary N) is 1. The van der Waals surface area contributed by atoms with Gasteiger partial charge < -0.3 is 15.8 Å². The van der Waals surface area contributed by atoms with Crippen LogP contribution in [0.15, 0.2) is 0 Å². The van der Waals surface area contributed by atoms with Crippen molar-refractivity contribution in [2.24, 2.45) is 23.5 Å². The van der Waals surface area contributed by atoms with Crippen molar-refractivity contribution in [3.8, 4) is 0 Å². The molecule has 2 rings (SSSR count). The van der Waals surface area contributed by atoms with Gasteiger partial charge in [-0.05, 0) is 37.5 Å². The number of hydrogen-bond donors (Lipinski definition) is 2. The minimum absolute atomic E-state index is 0.0811. The van der Waals surface area contributed by atoms with Gasteiger partial charge in [-0.15, -0.1) is 0 Å². The summed E-state index contributed by atoms with van der Waals surface area (Å²) in [4.78, 5) is 12.2. The van der Waals surface area contributed by atoms with Crippen LogP contribution in [0.25, 0.3) is 0 Å². The Labute approximate surface area is 110 Å². The van der Waals surface area contributed by atoms with Gasteiger partial charge in [-0.3, -0.25) is 4.79 Å². The van der Waals surface area contributed by atoms with Crippen LogP contribution in [-0.2, 0) is 9.53 Å². The van der Waals surface area contributed by atoms with Gasteiger partial charge in [0, 0.05) is 25.1 Å². The van der Waals surface area contributed by atoms with Gasteiger partial charge in [0.1, 0.15) is 0 Å². The van der Waals surface area contributed by atoms with E-state index in [2.05, 4.69) is 19.2 Å². The van der Waals surface area contributed by atoms with Crippen LogP contribution in [0.4, 0.5) is 0 Å². The maximum absolute atomic E-state index is 12.2. The highest BCUT2D eigenvalue weighted by atomic mass is 16.5. The predicted molar refractivity (Wildman–Crippen MR) is 71.0 cm³/mol. The summed E-state index contributed by atoms with van der Waals surface area (Å²) in [5.41, 5.74) is 6.08. The average Bonchev–Trinajstić information content (AvgIpc) is 2.84. The zero-order valence-electron chi connectivity index (χ0n) is 11.5. The van der Waals surface area contributed by atoms with E-state index in [0.717, 1.165) is 32.3 Å². The lowest BCUT2D eigenvalue weighted by molar-refractivity contribution is -0.128. The fraction of sp³-hybridized carbons (Fsp3) is 0.929. The maximum Gasteiger partial charge on any atom is 0.223 e. The zero-order chi connectivity index (χ0) is 13.1. The number of rotatable bonds is 3. The van der Waals surface area contributed by atoms with Crippen LogP contribution in [0.2, 0.25) is 0 Å². The number of amides is 1. The highest BCUT2D eigenvalue weighted by Crippen LogP contribution is 2.32. The number of ether oxygens (including phenoxy) is 1. The van der Waals surface area contributed by atoms with E-state index >= 15 is 0 Å². The van der Waals surface area contributed by atoms with Crippen LogP contribution >= 0.6 is 0 Å². The molecule has 0 aromatic rings. The molecular formula is C14H26N2O2.